The molecule has 1 amide bonds. The lowest BCUT2D eigenvalue weighted by molar-refractivity contribution is -0.123. The van der Waals surface area contributed by atoms with E-state index in [1.165, 1.54) is 5.69 Å². The van der Waals surface area contributed by atoms with Gasteiger partial charge in [0.2, 0.25) is 5.91 Å². The third-order valence-electron chi connectivity index (χ3n) is 3.44. The minimum absolute atomic E-state index is 0. The summed E-state index contributed by atoms with van der Waals surface area (Å²) < 4.78 is 0. The molecule has 0 spiro atoms. The van der Waals surface area contributed by atoms with Gasteiger partial charge in [0.1, 0.15) is 0 Å². The van der Waals surface area contributed by atoms with Crippen LogP contribution in [0.5, 0.6) is 0 Å². The molecule has 0 unspecified atom stereocenters. The van der Waals surface area contributed by atoms with Gasteiger partial charge in [-0.15, -0.1) is 12.4 Å². The van der Waals surface area contributed by atoms with Crippen LogP contribution in [0.4, 0.5) is 5.69 Å². The highest BCUT2D eigenvalue weighted by Crippen LogP contribution is 2.11. The average Bonchev–Trinajstić information content (AvgIpc) is 2.46. The molecular weight excluding hydrogens is 286 g/mol. The Bertz CT molecular complexity index is 398. The second-order valence-corrected chi connectivity index (χ2v) is 5.53. The molecule has 3 N–H and O–H groups in total. The minimum Gasteiger partial charge on any atom is -0.375 e. The largest absolute Gasteiger partial charge is 0.375 e. The Kier molecular flexibility index (Phi) is 9.84. The summed E-state index contributed by atoms with van der Waals surface area (Å²) in [6.45, 7) is 5.59. The van der Waals surface area contributed by atoms with Crippen LogP contribution in [0, 0.1) is 5.92 Å². The number of hydrogen-bond donors (Lipinski definition) is 2. The maximum atomic E-state index is 11.7. The summed E-state index contributed by atoms with van der Waals surface area (Å²) >= 11 is 0. The van der Waals surface area contributed by atoms with Gasteiger partial charge < -0.3 is 16.0 Å². The number of amides is 1. The maximum absolute atomic E-state index is 11.7. The van der Waals surface area contributed by atoms with E-state index < -0.39 is 6.04 Å². The molecule has 21 heavy (non-hydrogen) atoms. The van der Waals surface area contributed by atoms with E-state index in [9.17, 15) is 4.79 Å². The fraction of sp³-hybridized carbons (Fsp3) is 0.562. The van der Waals surface area contributed by atoms with Crippen molar-refractivity contribution in [3.63, 3.8) is 0 Å². The molecule has 5 heteroatoms. The fourth-order valence-corrected chi connectivity index (χ4v) is 1.92. The Hall–Kier alpha value is -1.26. The lowest BCUT2D eigenvalue weighted by Gasteiger charge is -2.19. The van der Waals surface area contributed by atoms with E-state index in [2.05, 4.69) is 29.4 Å². The molecular formula is C16H28ClN3O. The van der Waals surface area contributed by atoms with Gasteiger partial charge in [0.25, 0.3) is 0 Å². The number of nitrogens with two attached hydrogens (primary N) is 1. The topological polar surface area (TPSA) is 58.4 Å². The Morgan fingerprint density at radius 3 is 2.43 bits per heavy atom. The summed E-state index contributed by atoms with van der Waals surface area (Å²) in [6.07, 6.45) is 2.01. The van der Waals surface area contributed by atoms with Crippen LogP contribution in [0.2, 0.25) is 0 Å². The molecule has 0 heterocycles. The molecule has 1 aromatic rings. The van der Waals surface area contributed by atoms with Crippen molar-refractivity contribution < 1.29 is 4.79 Å². The van der Waals surface area contributed by atoms with Gasteiger partial charge in [0, 0.05) is 25.8 Å². The molecule has 1 aromatic carbocycles. The van der Waals surface area contributed by atoms with Crippen molar-refractivity contribution in [3.05, 3.63) is 30.3 Å². The number of nitrogens with one attached hydrogen (secondary N) is 1. The van der Waals surface area contributed by atoms with Gasteiger partial charge in [-0.1, -0.05) is 32.0 Å². The number of anilines is 1. The molecule has 4 nitrogen and oxygen atoms in total. The van der Waals surface area contributed by atoms with Gasteiger partial charge in [-0.25, -0.2) is 0 Å². The van der Waals surface area contributed by atoms with E-state index in [0.717, 1.165) is 19.4 Å². The predicted molar refractivity (Wildman–Crippen MR) is 92.0 cm³/mol. The molecule has 0 fully saturated rings. The SMILES string of the molecule is CC(C)[C@H](N)C(=O)NCCCCN(C)c1ccccc1.Cl. The van der Waals surface area contributed by atoms with Crippen LogP contribution >= 0.6 is 12.4 Å². The van der Waals surface area contributed by atoms with E-state index in [-0.39, 0.29) is 24.2 Å². The number of carbonyl (C=O) groups excluding carboxylic acids is 1. The van der Waals surface area contributed by atoms with Crippen LogP contribution in [0.3, 0.4) is 0 Å². The quantitative estimate of drug-likeness (QED) is 0.725. The highest BCUT2D eigenvalue weighted by atomic mass is 35.5. The van der Waals surface area contributed by atoms with Crippen molar-refractivity contribution >= 4 is 24.0 Å². The molecule has 0 radical (unpaired) electrons. The number of carbonyl (C=O) groups is 1. The Balaban J connectivity index is 0.00000400. The molecule has 120 valence electrons. The number of benzene rings is 1. The van der Waals surface area contributed by atoms with Crippen LogP contribution in [-0.4, -0.2) is 32.1 Å². The third-order valence-corrected chi connectivity index (χ3v) is 3.44. The number of hydrogen-bond acceptors (Lipinski definition) is 3. The third kappa shape index (κ3) is 7.34. The second-order valence-electron chi connectivity index (χ2n) is 5.53. The van der Waals surface area contributed by atoms with Gasteiger partial charge >= 0.3 is 0 Å². The monoisotopic (exact) mass is 313 g/mol. The lowest BCUT2D eigenvalue weighted by Crippen LogP contribution is -2.44. The van der Waals surface area contributed by atoms with Crippen LogP contribution in [0.25, 0.3) is 0 Å². The molecule has 0 saturated heterocycles. The zero-order chi connectivity index (χ0) is 15.0. The van der Waals surface area contributed by atoms with Crippen molar-refractivity contribution in [1.82, 2.24) is 5.32 Å². The summed E-state index contributed by atoms with van der Waals surface area (Å²) in [4.78, 5) is 13.9. The smallest absolute Gasteiger partial charge is 0.237 e. The van der Waals surface area contributed by atoms with E-state index in [1.54, 1.807) is 0 Å². The molecule has 0 aliphatic heterocycles. The van der Waals surface area contributed by atoms with E-state index in [0.29, 0.717) is 6.54 Å². The number of rotatable bonds is 8. The van der Waals surface area contributed by atoms with Crippen molar-refractivity contribution in [2.45, 2.75) is 32.7 Å². The first-order chi connectivity index (χ1) is 9.52. The summed E-state index contributed by atoms with van der Waals surface area (Å²) in [7, 11) is 2.09. The maximum Gasteiger partial charge on any atom is 0.237 e. The van der Waals surface area contributed by atoms with E-state index in [4.69, 9.17) is 5.73 Å². The molecule has 0 aromatic heterocycles. The van der Waals surface area contributed by atoms with Crippen molar-refractivity contribution in [1.29, 1.82) is 0 Å². The first-order valence-electron chi connectivity index (χ1n) is 7.32. The van der Waals surface area contributed by atoms with Crippen LogP contribution in [-0.2, 0) is 4.79 Å². The molecule has 1 rings (SSSR count). The average molecular weight is 314 g/mol. The summed E-state index contributed by atoms with van der Waals surface area (Å²) in [5, 5.41) is 2.89. The van der Waals surface area contributed by atoms with Gasteiger partial charge in [0.15, 0.2) is 0 Å². The highest BCUT2D eigenvalue weighted by Gasteiger charge is 2.15. The fourth-order valence-electron chi connectivity index (χ4n) is 1.92. The van der Waals surface area contributed by atoms with Crippen molar-refractivity contribution in [2.75, 3.05) is 25.0 Å². The zero-order valence-electron chi connectivity index (χ0n) is 13.2. The first-order valence-corrected chi connectivity index (χ1v) is 7.32. The number of unbranched alkanes of at least 4 members (excludes halogenated alkanes) is 1. The van der Waals surface area contributed by atoms with E-state index >= 15 is 0 Å². The van der Waals surface area contributed by atoms with Gasteiger partial charge in [-0.05, 0) is 30.9 Å². The van der Waals surface area contributed by atoms with Gasteiger partial charge in [0.05, 0.1) is 6.04 Å². The van der Waals surface area contributed by atoms with Gasteiger partial charge in [-0.3, -0.25) is 4.79 Å². The summed E-state index contributed by atoms with van der Waals surface area (Å²) in [6, 6.07) is 9.90. The molecule has 0 aliphatic rings. The Morgan fingerprint density at radius 2 is 1.86 bits per heavy atom. The standard InChI is InChI=1S/C16H27N3O.ClH/c1-13(2)15(17)16(20)18-11-7-8-12-19(3)14-9-5-4-6-10-14;/h4-6,9-10,13,15H,7-8,11-12,17H2,1-3H3,(H,18,20);1H/t15-;/m0./s1. The van der Waals surface area contributed by atoms with Crippen molar-refractivity contribution in [3.8, 4) is 0 Å². The van der Waals surface area contributed by atoms with Crippen LogP contribution < -0.4 is 16.0 Å². The van der Waals surface area contributed by atoms with Gasteiger partial charge in [-0.2, -0.15) is 0 Å². The summed E-state index contributed by atoms with van der Waals surface area (Å²) in [5.74, 6) is 0.135. The highest BCUT2D eigenvalue weighted by molar-refractivity contribution is 5.85. The normalized spacial score (nSPS) is 11.7. The van der Waals surface area contributed by atoms with E-state index in [1.807, 2.05) is 32.0 Å². The molecule has 1 atom stereocenters. The molecule has 0 saturated carbocycles. The van der Waals surface area contributed by atoms with Crippen molar-refractivity contribution in [2.24, 2.45) is 11.7 Å². The van der Waals surface area contributed by atoms with Crippen LogP contribution in [0.1, 0.15) is 26.7 Å². The molecule has 0 bridgehead atoms. The minimum atomic E-state index is -0.401. The Morgan fingerprint density at radius 1 is 1.24 bits per heavy atom. The number of halogens is 1. The number of para-hydroxylation sites is 1. The lowest BCUT2D eigenvalue weighted by atomic mass is 10.1. The Labute approximate surface area is 134 Å². The zero-order valence-corrected chi connectivity index (χ0v) is 14.0. The second kappa shape index (κ2) is 10.5. The first kappa shape index (κ1) is 19.7. The molecule has 0 aliphatic carbocycles. The summed E-state index contributed by atoms with van der Waals surface area (Å²) in [5.41, 5.74) is 7.00. The predicted octanol–water partition coefficient (Wildman–Crippen LogP) is 2.42. The van der Waals surface area contributed by atoms with Crippen LogP contribution in [0.15, 0.2) is 30.3 Å². The number of nitrogens with zero attached hydrogens (tertiary/aromatic N) is 1.